The highest BCUT2D eigenvalue weighted by atomic mass is 19.4. The summed E-state index contributed by atoms with van der Waals surface area (Å²) in [4.78, 5) is 0. The summed E-state index contributed by atoms with van der Waals surface area (Å²) in [6, 6.07) is 20.3. The lowest BCUT2D eigenvalue weighted by atomic mass is 9.50. The van der Waals surface area contributed by atoms with Crippen molar-refractivity contribution in [2.45, 2.75) is 43.4 Å². The molecule has 0 aromatic heterocycles. The third-order valence-electron chi connectivity index (χ3n) is 7.60. The van der Waals surface area contributed by atoms with Gasteiger partial charge < -0.3 is 14.2 Å². The van der Waals surface area contributed by atoms with E-state index < -0.39 is 46.6 Å². The van der Waals surface area contributed by atoms with E-state index in [4.69, 9.17) is 14.9 Å². The minimum atomic E-state index is -4.89. The number of nitrogens with zero attached hydrogens (tertiary/aromatic N) is 3. The van der Waals surface area contributed by atoms with Gasteiger partial charge >= 0.3 is 6.36 Å². The van der Waals surface area contributed by atoms with Crippen LogP contribution in [0.2, 0.25) is 0 Å². The minimum Gasteiger partial charge on any atom is -0.447 e. The summed E-state index contributed by atoms with van der Waals surface area (Å²) >= 11 is 0. The molecule has 3 aliphatic rings. The van der Waals surface area contributed by atoms with E-state index in [0.29, 0.717) is 19.3 Å². The molecule has 0 radical (unpaired) electrons. The summed E-state index contributed by atoms with van der Waals surface area (Å²) < 4.78 is 54.0. The first-order chi connectivity index (χ1) is 17.1. The first-order valence-corrected chi connectivity index (χ1v) is 11.2. The van der Waals surface area contributed by atoms with Crippen LogP contribution in [0.15, 0.2) is 54.6 Å². The topological polar surface area (TPSA) is 123 Å². The third-order valence-corrected chi connectivity index (χ3v) is 7.60. The van der Waals surface area contributed by atoms with Gasteiger partial charge in [-0.3, -0.25) is 5.41 Å². The highest BCUT2D eigenvalue weighted by Gasteiger charge is 2.81. The lowest BCUT2D eigenvalue weighted by molar-refractivity contribution is -0.296. The monoisotopic (exact) mass is 492 g/mol. The van der Waals surface area contributed by atoms with Gasteiger partial charge in [0.2, 0.25) is 17.1 Å². The number of nitriles is 3. The largest absolute Gasteiger partial charge is 0.573 e. The van der Waals surface area contributed by atoms with Crippen molar-refractivity contribution < 1.29 is 27.4 Å². The van der Waals surface area contributed by atoms with Crippen molar-refractivity contribution in [3.05, 3.63) is 65.7 Å². The van der Waals surface area contributed by atoms with Crippen LogP contribution in [-0.2, 0) is 9.47 Å². The van der Waals surface area contributed by atoms with Gasteiger partial charge in [0.25, 0.3) is 0 Å². The van der Waals surface area contributed by atoms with Crippen LogP contribution in [0.25, 0.3) is 0 Å². The minimum absolute atomic E-state index is 0.000543. The highest BCUT2D eigenvalue weighted by Crippen LogP contribution is 2.70. The predicted molar refractivity (Wildman–Crippen MR) is 117 cm³/mol. The first-order valence-electron chi connectivity index (χ1n) is 11.2. The van der Waals surface area contributed by atoms with Crippen LogP contribution >= 0.6 is 0 Å². The second kappa shape index (κ2) is 7.98. The molecule has 3 fully saturated rings. The molecule has 2 aliphatic heterocycles. The Hall–Kier alpha value is -4.07. The van der Waals surface area contributed by atoms with Crippen molar-refractivity contribution in [3.8, 4) is 24.0 Å². The van der Waals surface area contributed by atoms with Gasteiger partial charge in [-0.25, -0.2) is 0 Å². The summed E-state index contributed by atoms with van der Waals surface area (Å²) in [6.07, 6.45) is -4.95. The first kappa shape index (κ1) is 23.7. The molecule has 182 valence electrons. The molecule has 2 saturated heterocycles. The van der Waals surface area contributed by atoms with Crippen LogP contribution in [0.4, 0.5) is 13.2 Å². The molecule has 1 aliphatic carbocycles. The Balaban J connectivity index is 1.60. The van der Waals surface area contributed by atoms with Gasteiger partial charge in [0.05, 0.1) is 24.1 Å². The molecule has 0 spiro atoms. The average Bonchev–Trinajstić information content (AvgIpc) is 3.07. The number of halogens is 3. The van der Waals surface area contributed by atoms with Gasteiger partial charge in [-0.1, -0.05) is 42.5 Å². The molecular formula is C26H19F3N4O3. The standard InChI is InChI=1S/C26H19F3N4O3/c27-26(28,29)34-19-8-6-17(7-9-19)21-23(13-30,14-31)24(15-32)20-12-18(16-4-2-1-3-5-16)10-11-25(20,35-21)36-22(24)33/h1-9,18,20-21,33H,10-12H2. The number of alkyl halides is 3. The zero-order valence-corrected chi connectivity index (χ0v) is 18.7. The molecule has 2 bridgehead atoms. The Morgan fingerprint density at radius 2 is 1.61 bits per heavy atom. The molecule has 1 saturated carbocycles. The lowest BCUT2D eigenvalue weighted by Gasteiger charge is -2.52. The molecule has 5 rings (SSSR count). The van der Waals surface area contributed by atoms with E-state index in [9.17, 15) is 29.0 Å². The van der Waals surface area contributed by atoms with E-state index in [0.717, 1.165) is 17.7 Å². The van der Waals surface area contributed by atoms with Crippen molar-refractivity contribution >= 4 is 5.90 Å². The Morgan fingerprint density at radius 3 is 2.19 bits per heavy atom. The Kier molecular flexibility index (Phi) is 5.24. The van der Waals surface area contributed by atoms with Crippen molar-refractivity contribution in [3.63, 3.8) is 0 Å². The third kappa shape index (κ3) is 3.17. The molecule has 36 heavy (non-hydrogen) atoms. The van der Waals surface area contributed by atoms with Crippen LogP contribution in [0.3, 0.4) is 0 Å². The van der Waals surface area contributed by atoms with E-state index in [1.807, 2.05) is 42.5 Å². The molecule has 10 heteroatoms. The smallest absolute Gasteiger partial charge is 0.447 e. The summed E-state index contributed by atoms with van der Waals surface area (Å²) in [5.74, 6) is -3.17. The zero-order valence-electron chi connectivity index (χ0n) is 18.7. The summed E-state index contributed by atoms with van der Waals surface area (Å²) in [5.41, 5.74) is -2.88. The number of rotatable bonds is 3. The second-order valence-corrected chi connectivity index (χ2v) is 9.24. The Bertz CT molecular complexity index is 1310. The molecule has 5 atom stereocenters. The van der Waals surface area contributed by atoms with Crippen molar-refractivity contribution in [2.24, 2.45) is 16.7 Å². The second-order valence-electron chi connectivity index (χ2n) is 9.24. The SMILES string of the molecule is N#CC1(C#N)C(c2ccc(OC(F)(F)F)cc2)OC23CCC(c4ccccc4)CC2C1(C#N)C(=N)O3. The van der Waals surface area contributed by atoms with E-state index in [1.54, 1.807) is 0 Å². The molecular weight excluding hydrogens is 473 g/mol. The molecule has 0 amide bonds. The summed E-state index contributed by atoms with van der Waals surface area (Å²) in [7, 11) is 0. The van der Waals surface area contributed by atoms with E-state index in [1.165, 1.54) is 12.1 Å². The van der Waals surface area contributed by atoms with E-state index in [-0.39, 0.29) is 11.5 Å². The van der Waals surface area contributed by atoms with Crippen LogP contribution in [0, 0.1) is 56.2 Å². The molecule has 7 nitrogen and oxygen atoms in total. The number of hydrogen-bond donors (Lipinski definition) is 1. The number of nitrogens with one attached hydrogen (secondary N) is 1. The Labute approximate surface area is 204 Å². The number of ether oxygens (including phenoxy) is 3. The van der Waals surface area contributed by atoms with Crippen LogP contribution in [0.1, 0.15) is 42.4 Å². The van der Waals surface area contributed by atoms with Gasteiger partial charge in [0.15, 0.2) is 5.41 Å². The summed E-state index contributed by atoms with van der Waals surface area (Å²) in [6.45, 7) is 0. The maximum absolute atomic E-state index is 12.6. The fraction of sp³-hybridized carbons (Fsp3) is 0.385. The normalized spacial score (nSPS) is 32.2. The van der Waals surface area contributed by atoms with E-state index >= 15 is 0 Å². The van der Waals surface area contributed by atoms with Gasteiger partial charge in [0.1, 0.15) is 11.9 Å². The van der Waals surface area contributed by atoms with E-state index in [2.05, 4.69) is 10.8 Å². The van der Waals surface area contributed by atoms with Gasteiger partial charge in [-0.2, -0.15) is 15.8 Å². The molecule has 1 N–H and O–H groups in total. The van der Waals surface area contributed by atoms with Crippen molar-refractivity contribution in [1.82, 2.24) is 0 Å². The molecule has 2 heterocycles. The van der Waals surface area contributed by atoms with Gasteiger partial charge in [-0.15, -0.1) is 13.2 Å². The fourth-order valence-corrected chi connectivity index (χ4v) is 6.01. The number of benzene rings is 2. The van der Waals surface area contributed by atoms with Crippen LogP contribution < -0.4 is 4.74 Å². The molecule has 2 aromatic carbocycles. The highest BCUT2D eigenvalue weighted by molar-refractivity contribution is 5.89. The zero-order chi connectivity index (χ0) is 25.8. The summed E-state index contributed by atoms with van der Waals surface area (Å²) in [5, 5.41) is 39.9. The van der Waals surface area contributed by atoms with Crippen molar-refractivity contribution in [1.29, 1.82) is 21.2 Å². The number of hydrogen-bond acceptors (Lipinski definition) is 7. The van der Waals surface area contributed by atoms with Crippen LogP contribution in [0.5, 0.6) is 5.75 Å². The van der Waals surface area contributed by atoms with Gasteiger partial charge in [-0.05, 0) is 42.0 Å². The maximum atomic E-state index is 12.6. The molecule has 5 unspecified atom stereocenters. The molecule has 2 aromatic rings. The fourth-order valence-electron chi connectivity index (χ4n) is 6.01. The predicted octanol–water partition coefficient (Wildman–Crippen LogP) is 5.49. The van der Waals surface area contributed by atoms with Gasteiger partial charge in [0, 0.05) is 6.42 Å². The Morgan fingerprint density at radius 1 is 0.944 bits per heavy atom. The quantitative estimate of drug-likeness (QED) is 0.605. The van der Waals surface area contributed by atoms with Crippen LogP contribution in [-0.4, -0.2) is 18.0 Å². The van der Waals surface area contributed by atoms with Crippen molar-refractivity contribution in [2.75, 3.05) is 0 Å². The maximum Gasteiger partial charge on any atom is 0.573 e. The lowest BCUT2D eigenvalue weighted by Crippen LogP contribution is -2.60. The average molecular weight is 492 g/mol.